The Hall–Kier alpha value is -5.38. The fraction of sp³-hybridized carbons (Fsp3) is 0.182. The van der Waals surface area contributed by atoms with Gasteiger partial charge in [-0.1, -0.05) is 36.4 Å². The molecule has 5 aromatic rings. The number of benzene rings is 4. The maximum absolute atomic E-state index is 14.2. The molecule has 43 heavy (non-hydrogen) atoms. The van der Waals surface area contributed by atoms with Crippen molar-refractivity contribution in [2.24, 2.45) is 0 Å². The Balaban J connectivity index is 1.39. The Morgan fingerprint density at radius 3 is 2.35 bits per heavy atom. The molecule has 10 heteroatoms. The molecular weight excluding hydrogens is 553 g/mol. The summed E-state index contributed by atoms with van der Waals surface area (Å²) in [4.78, 5) is 30.6. The Morgan fingerprint density at radius 2 is 1.58 bits per heavy atom. The molecule has 4 aromatic carbocycles. The van der Waals surface area contributed by atoms with Gasteiger partial charge in [0.15, 0.2) is 5.82 Å². The number of carboxylic acids is 1. The second kappa shape index (κ2) is 13.5. The van der Waals surface area contributed by atoms with Crippen LogP contribution in [0.5, 0.6) is 11.6 Å². The predicted molar refractivity (Wildman–Crippen MR) is 159 cm³/mol. The molecular formula is C33H28FN3O6. The van der Waals surface area contributed by atoms with Crippen LogP contribution in [0.25, 0.3) is 33.4 Å². The SMILES string of the molecule is O=C(O)CCCCCOc1ccc2cc(-c3nc(OCc4ccccc4F)cc(-c4ccc([N+](=O)[O-])cc4)n3)ccc2c1. The first-order chi connectivity index (χ1) is 20.9. The molecule has 0 fully saturated rings. The first-order valence-corrected chi connectivity index (χ1v) is 13.7. The molecule has 0 spiro atoms. The minimum atomic E-state index is -0.787. The number of fused-ring (bicyclic) bond motifs is 1. The number of carboxylic acid groups (broad SMARTS) is 1. The van der Waals surface area contributed by atoms with Crippen LogP contribution in [0.3, 0.4) is 0 Å². The molecule has 5 rings (SSSR count). The minimum Gasteiger partial charge on any atom is -0.494 e. The summed E-state index contributed by atoms with van der Waals surface area (Å²) in [5, 5.41) is 21.8. The summed E-state index contributed by atoms with van der Waals surface area (Å²) in [5.41, 5.74) is 2.19. The van der Waals surface area contributed by atoms with Crippen LogP contribution in [0.4, 0.5) is 10.1 Å². The molecule has 0 bridgehead atoms. The highest BCUT2D eigenvalue weighted by Gasteiger charge is 2.13. The summed E-state index contributed by atoms with van der Waals surface area (Å²) in [6.07, 6.45) is 2.35. The van der Waals surface area contributed by atoms with Crippen molar-refractivity contribution >= 4 is 22.4 Å². The van der Waals surface area contributed by atoms with E-state index >= 15 is 0 Å². The van der Waals surface area contributed by atoms with Gasteiger partial charge in [0.25, 0.3) is 5.69 Å². The van der Waals surface area contributed by atoms with Crippen molar-refractivity contribution in [3.63, 3.8) is 0 Å². The molecule has 0 saturated heterocycles. The lowest BCUT2D eigenvalue weighted by Crippen LogP contribution is -2.02. The second-order valence-corrected chi connectivity index (χ2v) is 9.88. The zero-order valence-electron chi connectivity index (χ0n) is 23.1. The summed E-state index contributed by atoms with van der Waals surface area (Å²) >= 11 is 0. The molecule has 1 heterocycles. The Kier molecular flexibility index (Phi) is 9.16. The van der Waals surface area contributed by atoms with E-state index in [0.717, 1.165) is 34.9 Å². The molecule has 9 nitrogen and oxygen atoms in total. The fourth-order valence-electron chi connectivity index (χ4n) is 4.49. The third-order valence-corrected chi connectivity index (χ3v) is 6.78. The molecule has 0 aliphatic carbocycles. The maximum Gasteiger partial charge on any atom is 0.303 e. The quantitative estimate of drug-likeness (QED) is 0.0855. The summed E-state index contributed by atoms with van der Waals surface area (Å²) in [7, 11) is 0. The number of unbranched alkanes of at least 4 members (excludes halogenated alkanes) is 2. The third kappa shape index (κ3) is 7.68. The number of aromatic nitrogens is 2. The van der Waals surface area contributed by atoms with E-state index < -0.39 is 10.9 Å². The molecule has 0 unspecified atom stereocenters. The van der Waals surface area contributed by atoms with E-state index in [4.69, 9.17) is 19.6 Å². The summed E-state index contributed by atoms with van der Waals surface area (Å²) in [6, 6.07) is 25.5. The van der Waals surface area contributed by atoms with Gasteiger partial charge < -0.3 is 14.6 Å². The molecule has 0 radical (unpaired) electrons. The number of nitro benzene ring substituents is 1. The van der Waals surface area contributed by atoms with Crippen molar-refractivity contribution in [3.05, 3.63) is 112 Å². The van der Waals surface area contributed by atoms with Gasteiger partial charge in [0.05, 0.1) is 17.2 Å². The molecule has 0 saturated carbocycles. The number of ether oxygens (including phenoxy) is 2. The fourth-order valence-corrected chi connectivity index (χ4v) is 4.49. The van der Waals surface area contributed by atoms with Crippen molar-refractivity contribution in [2.75, 3.05) is 6.61 Å². The number of hydrogen-bond acceptors (Lipinski definition) is 7. The Labute approximate surface area is 246 Å². The number of carbonyl (C=O) groups is 1. The van der Waals surface area contributed by atoms with Gasteiger partial charge in [-0.25, -0.2) is 9.37 Å². The van der Waals surface area contributed by atoms with E-state index in [-0.39, 0.29) is 30.4 Å². The molecule has 218 valence electrons. The van der Waals surface area contributed by atoms with Gasteiger partial charge in [-0.15, -0.1) is 0 Å². The van der Waals surface area contributed by atoms with Gasteiger partial charge in [-0.2, -0.15) is 4.98 Å². The van der Waals surface area contributed by atoms with Gasteiger partial charge in [0.2, 0.25) is 5.88 Å². The third-order valence-electron chi connectivity index (χ3n) is 6.78. The number of nitro groups is 1. The van der Waals surface area contributed by atoms with E-state index in [1.165, 1.54) is 18.2 Å². The van der Waals surface area contributed by atoms with Crippen molar-refractivity contribution in [2.45, 2.75) is 32.3 Å². The van der Waals surface area contributed by atoms with Crippen molar-refractivity contribution in [1.29, 1.82) is 0 Å². The van der Waals surface area contributed by atoms with E-state index in [9.17, 15) is 19.3 Å². The highest BCUT2D eigenvalue weighted by molar-refractivity contribution is 5.87. The highest BCUT2D eigenvalue weighted by atomic mass is 19.1. The van der Waals surface area contributed by atoms with Crippen LogP contribution in [0.15, 0.2) is 91.0 Å². The van der Waals surface area contributed by atoms with Gasteiger partial charge in [0, 0.05) is 41.3 Å². The number of hydrogen-bond donors (Lipinski definition) is 1. The van der Waals surface area contributed by atoms with Crippen LogP contribution in [-0.4, -0.2) is 32.6 Å². The summed E-state index contributed by atoms with van der Waals surface area (Å²) < 4.78 is 26.0. The lowest BCUT2D eigenvalue weighted by atomic mass is 10.1. The molecule has 0 atom stereocenters. The molecule has 0 aliphatic heterocycles. The van der Waals surface area contributed by atoms with Gasteiger partial charge >= 0.3 is 5.97 Å². The zero-order chi connectivity index (χ0) is 30.2. The Bertz CT molecular complexity index is 1760. The average Bonchev–Trinajstić information content (AvgIpc) is 3.01. The highest BCUT2D eigenvalue weighted by Crippen LogP contribution is 2.30. The van der Waals surface area contributed by atoms with Gasteiger partial charge in [-0.3, -0.25) is 14.9 Å². The average molecular weight is 582 g/mol. The van der Waals surface area contributed by atoms with E-state index in [1.807, 2.05) is 36.4 Å². The smallest absolute Gasteiger partial charge is 0.303 e. The lowest BCUT2D eigenvalue weighted by Gasteiger charge is -2.12. The molecule has 1 aromatic heterocycles. The summed E-state index contributed by atoms with van der Waals surface area (Å²) in [5.74, 6) is 0.156. The number of nitrogens with zero attached hydrogens (tertiary/aromatic N) is 3. The first kappa shape index (κ1) is 29.1. The van der Waals surface area contributed by atoms with E-state index in [1.54, 1.807) is 36.4 Å². The standard InChI is InChI=1S/C33H28FN3O6/c34-29-7-4-3-6-26(29)21-43-31-20-30(22-11-14-27(15-12-22)37(40)41)35-33(36-31)25-10-9-24-19-28(16-13-23(24)18-25)42-17-5-1-2-8-32(38)39/h3-4,6-7,9-16,18-20H,1-2,5,8,17,21H2,(H,38,39). The van der Waals surface area contributed by atoms with E-state index in [0.29, 0.717) is 35.7 Å². The van der Waals surface area contributed by atoms with Gasteiger partial charge in [0.1, 0.15) is 18.2 Å². The van der Waals surface area contributed by atoms with Crippen molar-refractivity contribution in [1.82, 2.24) is 9.97 Å². The number of aliphatic carboxylic acids is 1. The first-order valence-electron chi connectivity index (χ1n) is 13.7. The van der Waals surface area contributed by atoms with Crippen LogP contribution in [-0.2, 0) is 11.4 Å². The van der Waals surface area contributed by atoms with E-state index in [2.05, 4.69) is 4.98 Å². The van der Waals surface area contributed by atoms with Crippen LogP contribution < -0.4 is 9.47 Å². The van der Waals surface area contributed by atoms with Gasteiger partial charge in [-0.05, 0) is 66.4 Å². The number of rotatable bonds is 13. The molecule has 1 N–H and O–H groups in total. The van der Waals surface area contributed by atoms with Crippen LogP contribution >= 0.6 is 0 Å². The van der Waals surface area contributed by atoms with Crippen molar-refractivity contribution < 1.29 is 28.7 Å². The van der Waals surface area contributed by atoms with Crippen LogP contribution in [0, 0.1) is 15.9 Å². The second-order valence-electron chi connectivity index (χ2n) is 9.88. The topological polar surface area (TPSA) is 125 Å². The summed E-state index contributed by atoms with van der Waals surface area (Å²) in [6.45, 7) is 0.463. The number of halogens is 1. The van der Waals surface area contributed by atoms with Crippen LogP contribution in [0.2, 0.25) is 0 Å². The monoisotopic (exact) mass is 581 g/mol. The van der Waals surface area contributed by atoms with Crippen molar-refractivity contribution in [3.8, 4) is 34.3 Å². The number of non-ortho nitro benzene ring substituents is 1. The minimum absolute atomic E-state index is 0.0369. The largest absolute Gasteiger partial charge is 0.494 e. The lowest BCUT2D eigenvalue weighted by molar-refractivity contribution is -0.384. The normalized spacial score (nSPS) is 10.9. The maximum atomic E-state index is 14.2. The van der Waals surface area contributed by atoms with Crippen LogP contribution in [0.1, 0.15) is 31.2 Å². The predicted octanol–water partition coefficient (Wildman–Crippen LogP) is 7.61. The molecule has 0 aliphatic rings. The molecule has 0 amide bonds. The zero-order valence-corrected chi connectivity index (χ0v) is 23.1. The Morgan fingerprint density at radius 1 is 0.837 bits per heavy atom.